The lowest BCUT2D eigenvalue weighted by atomic mass is 9.97. The van der Waals surface area contributed by atoms with E-state index in [1.54, 1.807) is 0 Å². The number of aryl methyl sites for hydroxylation is 1. The molecule has 4 aromatic rings. The molecule has 1 aliphatic heterocycles. The van der Waals surface area contributed by atoms with Gasteiger partial charge in [-0.25, -0.2) is 9.97 Å². The van der Waals surface area contributed by atoms with Crippen LogP contribution in [0.15, 0.2) is 54.7 Å². The number of rotatable bonds is 4. The fourth-order valence-corrected chi connectivity index (χ4v) is 3.45. The number of fused-ring (bicyclic) bond motifs is 1. The summed E-state index contributed by atoms with van der Waals surface area (Å²) in [5, 5.41) is 17.2. The van der Waals surface area contributed by atoms with Gasteiger partial charge in [0.2, 0.25) is 11.7 Å². The van der Waals surface area contributed by atoms with Crippen molar-refractivity contribution in [1.29, 1.82) is 0 Å². The molecular formula is C21H17N7O. The van der Waals surface area contributed by atoms with Crippen molar-refractivity contribution in [1.82, 2.24) is 30.6 Å². The van der Waals surface area contributed by atoms with Crippen molar-refractivity contribution in [3.63, 3.8) is 0 Å². The summed E-state index contributed by atoms with van der Waals surface area (Å²) in [4.78, 5) is 20.6. The average molecular weight is 383 g/mol. The normalized spacial score (nSPS) is 13.0. The molecule has 0 aliphatic carbocycles. The van der Waals surface area contributed by atoms with Crippen LogP contribution in [0.3, 0.4) is 0 Å². The molecule has 0 bridgehead atoms. The number of anilines is 1. The lowest BCUT2D eigenvalue weighted by Gasteiger charge is -2.15. The highest BCUT2D eigenvalue weighted by Crippen LogP contribution is 2.30. The summed E-state index contributed by atoms with van der Waals surface area (Å²) in [7, 11) is 0. The Labute approximate surface area is 166 Å². The molecule has 3 heterocycles. The third-order valence-electron chi connectivity index (χ3n) is 4.93. The van der Waals surface area contributed by atoms with Gasteiger partial charge in [0.05, 0.1) is 0 Å². The van der Waals surface area contributed by atoms with E-state index in [2.05, 4.69) is 60.2 Å². The van der Waals surface area contributed by atoms with E-state index in [1.807, 2.05) is 30.5 Å². The molecule has 2 aromatic carbocycles. The molecule has 0 spiro atoms. The second kappa shape index (κ2) is 7.23. The van der Waals surface area contributed by atoms with Crippen LogP contribution in [0.25, 0.3) is 22.5 Å². The van der Waals surface area contributed by atoms with E-state index in [0.717, 1.165) is 27.8 Å². The SMILES string of the molecule is O=C1CCc2cnc(Cc3ccc(-c4ccccc4-c4nn[nH]n4)cc3)nc2N1. The summed E-state index contributed by atoms with van der Waals surface area (Å²) in [6.07, 6.45) is 3.58. The van der Waals surface area contributed by atoms with Crippen LogP contribution in [0.1, 0.15) is 23.4 Å². The van der Waals surface area contributed by atoms with Crippen molar-refractivity contribution in [2.24, 2.45) is 0 Å². The van der Waals surface area contributed by atoms with Crippen LogP contribution in [-0.4, -0.2) is 36.5 Å². The van der Waals surface area contributed by atoms with Crippen LogP contribution in [0.5, 0.6) is 0 Å². The number of benzene rings is 2. The van der Waals surface area contributed by atoms with Crippen molar-refractivity contribution in [3.05, 3.63) is 71.7 Å². The summed E-state index contributed by atoms with van der Waals surface area (Å²) >= 11 is 0. The summed E-state index contributed by atoms with van der Waals surface area (Å²) in [6, 6.07) is 16.2. The van der Waals surface area contributed by atoms with Crippen LogP contribution in [0.2, 0.25) is 0 Å². The molecular weight excluding hydrogens is 366 g/mol. The van der Waals surface area contributed by atoms with E-state index in [1.165, 1.54) is 0 Å². The van der Waals surface area contributed by atoms with E-state index in [-0.39, 0.29) is 5.91 Å². The molecule has 0 saturated carbocycles. The molecule has 2 N–H and O–H groups in total. The van der Waals surface area contributed by atoms with E-state index in [0.29, 0.717) is 36.7 Å². The Kier molecular flexibility index (Phi) is 4.28. The number of H-pyrrole nitrogens is 1. The van der Waals surface area contributed by atoms with E-state index in [4.69, 9.17) is 0 Å². The van der Waals surface area contributed by atoms with E-state index in [9.17, 15) is 4.79 Å². The van der Waals surface area contributed by atoms with Gasteiger partial charge in [0.15, 0.2) is 0 Å². The van der Waals surface area contributed by atoms with Crippen molar-refractivity contribution in [2.75, 3.05) is 5.32 Å². The molecule has 0 radical (unpaired) electrons. The van der Waals surface area contributed by atoms with Crippen molar-refractivity contribution in [3.8, 4) is 22.5 Å². The van der Waals surface area contributed by atoms with Crippen LogP contribution in [0.4, 0.5) is 5.82 Å². The Morgan fingerprint density at radius 2 is 1.79 bits per heavy atom. The minimum absolute atomic E-state index is 0.00627. The smallest absolute Gasteiger partial charge is 0.225 e. The van der Waals surface area contributed by atoms with E-state index >= 15 is 0 Å². The van der Waals surface area contributed by atoms with Gasteiger partial charge in [-0.1, -0.05) is 48.5 Å². The Morgan fingerprint density at radius 3 is 2.59 bits per heavy atom. The monoisotopic (exact) mass is 383 g/mol. The fourth-order valence-electron chi connectivity index (χ4n) is 3.45. The standard InChI is InChI=1S/C21H17N7O/c29-19-10-9-15-12-22-18(23-20(15)24-19)11-13-5-7-14(8-6-13)16-3-1-2-4-17(16)21-25-27-28-26-21/h1-8,12H,9-11H2,(H,22,23,24,29)(H,25,26,27,28). The summed E-state index contributed by atoms with van der Waals surface area (Å²) < 4.78 is 0. The van der Waals surface area contributed by atoms with Crippen LogP contribution >= 0.6 is 0 Å². The predicted molar refractivity (Wildman–Crippen MR) is 107 cm³/mol. The Hall–Kier alpha value is -3.94. The second-order valence-electron chi connectivity index (χ2n) is 6.86. The first kappa shape index (κ1) is 17.2. The highest BCUT2D eigenvalue weighted by atomic mass is 16.1. The highest BCUT2D eigenvalue weighted by molar-refractivity contribution is 5.92. The molecule has 8 heteroatoms. The van der Waals surface area contributed by atoms with Gasteiger partial charge in [0, 0.05) is 30.2 Å². The lowest BCUT2D eigenvalue weighted by molar-refractivity contribution is -0.116. The summed E-state index contributed by atoms with van der Waals surface area (Å²) in [5.74, 6) is 1.89. The third kappa shape index (κ3) is 3.47. The van der Waals surface area contributed by atoms with Crippen LogP contribution < -0.4 is 5.32 Å². The maximum atomic E-state index is 11.6. The van der Waals surface area contributed by atoms with Crippen LogP contribution in [-0.2, 0) is 17.6 Å². The number of amides is 1. The summed E-state index contributed by atoms with van der Waals surface area (Å²) in [6.45, 7) is 0. The molecule has 0 saturated heterocycles. The van der Waals surface area contributed by atoms with Crippen molar-refractivity contribution in [2.45, 2.75) is 19.3 Å². The van der Waals surface area contributed by atoms with Gasteiger partial charge in [0.1, 0.15) is 11.6 Å². The zero-order chi connectivity index (χ0) is 19.6. The number of aromatic amines is 1. The Balaban J connectivity index is 1.39. The minimum Gasteiger partial charge on any atom is -0.310 e. The number of hydrogen-bond donors (Lipinski definition) is 2. The quantitative estimate of drug-likeness (QED) is 0.561. The maximum Gasteiger partial charge on any atom is 0.225 e. The number of tetrazole rings is 1. The maximum absolute atomic E-state index is 11.6. The molecule has 29 heavy (non-hydrogen) atoms. The number of hydrogen-bond acceptors (Lipinski definition) is 6. The van der Waals surface area contributed by atoms with Gasteiger partial charge >= 0.3 is 0 Å². The second-order valence-corrected chi connectivity index (χ2v) is 6.86. The number of carbonyl (C=O) groups excluding carboxylic acids is 1. The zero-order valence-corrected chi connectivity index (χ0v) is 15.5. The number of aromatic nitrogens is 6. The minimum atomic E-state index is 0.00627. The molecule has 0 fully saturated rings. The predicted octanol–water partition coefficient (Wildman–Crippen LogP) is 2.80. The van der Waals surface area contributed by atoms with Gasteiger partial charge in [-0.05, 0) is 28.3 Å². The zero-order valence-electron chi connectivity index (χ0n) is 15.5. The number of nitrogens with one attached hydrogen (secondary N) is 2. The lowest BCUT2D eigenvalue weighted by Crippen LogP contribution is -2.21. The van der Waals surface area contributed by atoms with Gasteiger partial charge in [-0.2, -0.15) is 5.21 Å². The molecule has 142 valence electrons. The van der Waals surface area contributed by atoms with Gasteiger partial charge < -0.3 is 5.32 Å². The van der Waals surface area contributed by atoms with Gasteiger partial charge in [0.25, 0.3) is 0 Å². The van der Waals surface area contributed by atoms with E-state index < -0.39 is 0 Å². The average Bonchev–Trinajstić information content (AvgIpc) is 3.29. The first-order valence-corrected chi connectivity index (χ1v) is 9.33. The Bertz CT molecular complexity index is 1170. The Morgan fingerprint density at radius 1 is 0.966 bits per heavy atom. The molecule has 5 rings (SSSR count). The summed E-state index contributed by atoms with van der Waals surface area (Å²) in [5.41, 5.74) is 5.10. The number of nitrogens with zero attached hydrogens (tertiary/aromatic N) is 5. The largest absolute Gasteiger partial charge is 0.310 e. The molecule has 8 nitrogen and oxygen atoms in total. The molecule has 0 unspecified atom stereocenters. The highest BCUT2D eigenvalue weighted by Gasteiger charge is 2.17. The third-order valence-corrected chi connectivity index (χ3v) is 4.93. The molecule has 1 aliphatic rings. The number of carbonyl (C=O) groups is 1. The van der Waals surface area contributed by atoms with Crippen molar-refractivity contribution >= 4 is 11.7 Å². The first-order valence-electron chi connectivity index (χ1n) is 9.33. The van der Waals surface area contributed by atoms with Crippen molar-refractivity contribution < 1.29 is 4.79 Å². The fraction of sp³-hybridized carbons (Fsp3) is 0.143. The molecule has 2 aromatic heterocycles. The topological polar surface area (TPSA) is 109 Å². The first-order chi connectivity index (χ1) is 14.3. The molecule has 0 atom stereocenters. The van der Waals surface area contributed by atoms with Crippen LogP contribution in [0, 0.1) is 0 Å². The van der Waals surface area contributed by atoms with Gasteiger partial charge in [-0.15, -0.1) is 10.2 Å². The molecule has 1 amide bonds. The van der Waals surface area contributed by atoms with Gasteiger partial charge in [-0.3, -0.25) is 4.79 Å².